The van der Waals surface area contributed by atoms with Crippen molar-refractivity contribution in [2.75, 3.05) is 30.4 Å². The summed E-state index contributed by atoms with van der Waals surface area (Å²) >= 11 is 0. The summed E-state index contributed by atoms with van der Waals surface area (Å²) < 4.78 is 5.11. The molecule has 1 amide bonds. The number of amides is 1. The summed E-state index contributed by atoms with van der Waals surface area (Å²) in [5.74, 6) is 0.639. The summed E-state index contributed by atoms with van der Waals surface area (Å²) in [6.07, 6.45) is 0. The van der Waals surface area contributed by atoms with Gasteiger partial charge in [0.25, 0.3) is 0 Å². The number of hydrogen-bond acceptors (Lipinski definition) is 7. The monoisotopic (exact) mass is 355 g/mol. The lowest BCUT2D eigenvalue weighted by Crippen LogP contribution is -2.33. The molecule has 0 bridgehead atoms. The van der Waals surface area contributed by atoms with Gasteiger partial charge in [-0.15, -0.1) is 0 Å². The lowest BCUT2D eigenvalue weighted by atomic mass is 10.3. The zero-order valence-corrected chi connectivity index (χ0v) is 14.3. The molecule has 0 atom stereocenters. The molecule has 0 saturated heterocycles. The molecule has 1 heterocycles. The smallest absolute Gasteiger partial charge is 0.305 e. The molecular formula is C17H17N5O4. The summed E-state index contributed by atoms with van der Waals surface area (Å²) in [4.78, 5) is 28.1. The number of ether oxygens (including phenoxy) is 1. The fourth-order valence-corrected chi connectivity index (χ4v) is 2.28. The second kappa shape index (κ2) is 8.43. The van der Waals surface area contributed by atoms with Crippen LogP contribution in [-0.2, 0) is 4.79 Å². The van der Waals surface area contributed by atoms with Gasteiger partial charge in [0.2, 0.25) is 11.6 Å². The zero-order valence-electron chi connectivity index (χ0n) is 14.3. The number of methoxy groups -OCH3 is 1. The van der Waals surface area contributed by atoms with Gasteiger partial charge >= 0.3 is 5.69 Å². The third-order valence-corrected chi connectivity index (χ3v) is 3.56. The van der Waals surface area contributed by atoms with E-state index < -0.39 is 4.92 Å². The minimum atomic E-state index is -0.666. The van der Waals surface area contributed by atoms with Crippen LogP contribution in [0.1, 0.15) is 12.6 Å². The number of nitriles is 1. The average Bonchev–Trinajstić information content (AvgIpc) is 2.65. The number of anilines is 2. The van der Waals surface area contributed by atoms with Crippen LogP contribution in [0.3, 0.4) is 0 Å². The van der Waals surface area contributed by atoms with Crippen molar-refractivity contribution in [3.8, 4) is 11.8 Å². The molecule has 9 nitrogen and oxygen atoms in total. The molecule has 134 valence electrons. The Hall–Kier alpha value is -3.67. The Kier molecular flexibility index (Phi) is 6.06. The maximum absolute atomic E-state index is 12.3. The Morgan fingerprint density at radius 2 is 2.19 bits per heavy atom. The van der Waals surface area contributed by atoms with Crippen molar-refractivity contribution in [3.63, 3.8) is 0 Å². The van der Waals surface area contributed by atoms with Gasteiger partial charge < -0.3 is 15.0 Å². The normalized spacial score (nSPS) is 9.88. The average molecular weight is 355 g/mol. The molecule has 1 N–H and O–H groups in total. The number of rotatable bonds is 7. The van der Waals surface area contributed by atoms with Gasteiger partial charge in [0.05, 0.1) is 18.6 Å². The number of pyridine rings is 1. The minimum Gasteiger partial charge on any atom is -0.497 e. The summed E-state index contributed by atoms with van der Waals surface area (Å²) in [5.41, 5.74) is -0.0768. The van der Waals surface area contributed by atoms with E-state index >= 15 is 0 Å². The van der Waals surface area contributed by atoms with Crippen LogP contribution in [0.5, 0.6) is 5.75 Å². The molecule has 0 aliphatic heterocycles. The molecule has 0 spiro atoms. The van der Waals surface area contributed by atoms with Crippen LogP contribution < -0.4 is 15.0 Å². The Morgan fingerprint density at radius 1 is 1.42 bits per heavy atom. The van der Waals surface area contributed by atoms with Gasteiger partial charge in [-0.3, -0.25) is 14.9 Å². The van der Waals surface area contributed by atoms with Gasteiger partial charge in [-0.2, -0.15) is 5.26 Å². The molecule has 1 aromatic heterocycles. The number of aromatic nitrogens is 1. The number of carbonyl (C=O) groups is 1. The number of carbonyl (C=O) groups excluding carboxylic acids is 1. The van der Waals surface area contributed by atoms with Gasteiger partial charge in [-0.05, 0) is 25.1 Å². The van der Waals surface area contributed by atoms with E-state index in [9.17, 15) is 14.9 Å². The molecule has 0 aliphatic rings. The topological polar surface area (TPSA) is 121 Å². The molecule has 2 rings (SSSR count). The van der Waals surface area contributed by atoms with Crippen molar-refractivity contribution in [3.05, 3.63) is 52.2 Å². The molecule has 0 fully saturated rings. The van der Waals surface area contributed by atoms with Crippen molar-refractivity contribution in [1.82, 2.24) is 4.98 Å². The quantitative estimate of drug-likeness (QED) is 0.597. The van der Waals surface area contributed by atoms with Gasteiger partial charge in [0, 0.05) is 24.4 Å². The first-order valence-corrected chi connectivity index (χ1v) is 7.72. The highest BCUT2D eigenvalue weighted by molar-refractivity contribution is 5.94. The molecule has 9 heteroatoms. The van der Waals surface area contributed by atoms with E-state index in [2.05, 4.69) is 10.3 Å². The Balaban J connectivity index is 2.14. The molecule has 0 aliphatic carbocycles. The maximum atomic E-state index is 12.3. The number of nitrogens with zero attached hydrogens (tertiary/aromatic N) is 4. The summed E-state index contributed by atoms with van der Waals surface area (Å²) in [6, 6.07) is 11.3. The van der Waals surface area contributed by atoms with Gasteiger partial charge in [-0.1, -0.05) is 6.07 Å². The van der Waals surface area contributed by atoms with E-state index in [1.807, 2.05) is 6.92 Å². The van der Waals surface area contributed by atoms with Crippen LogP contribution in [0, 0.1) is 21.4 Å². The summed E-state index contributed by atoms with van der Waals surface area (Å²) in [6.45, 7) is 2.22. The van der Waals surface area contributed by atoms with Crippen molar-refractivity contribution >= 4 is 23.1 Å². The molecule has 0 saturated carbocycles. The molecule has 2 aromatic rings. The first-order chi connectivity index (χ1) is 12.5. The third-order valence-electron chi connectivity index (χ3n) is 3.56. The van der Waals surface area contributed by atoms with Crippen LogP contribution in [0.25, 0.3) is 0 Å². The standard InChI is InChI=1S/C17H17N5O4/c1-3-21(16-8-7-15(22(24)25)14(10-18)20-16)11-17(23)19-12-5-4-6-13(9-12)26-2/h4-9H,3,11H2,1-2H3,(H,19,23). The number of benzene rings is 1. The van der Waals surface area contributed by atoms with Gasteiger partial charge in [-0.25, -0.2) is 4.98 Å². The summed E-state index contributed by atoms with van der Waals surface area (Å²) in [5, 5.41) is 22.7. The number of likely N-dealkylation sites (N-methyl/N-ethyl adjacent to an activating group) is 1. The fraction of sp³-hybridized carbons (Fsp3) is 0.235. The van der Waals surface area contributed by atoms with Crippen molar-refractivity contribution in [2.24, 2.45) is 0 Å². The molecular weight excluding hydrogens is 338 g/mol. The van der Waals surface area contributed by atoms with Gasteiger partial charge in [0.1, 0.15) is 17.6 Å². The summed E-state index contributed by atoms with van der Waals surface area (Å²) in [7, 11) is 1.53. The Labute approximate surface area is 150 Å². The Bertz CT molecular complexity index is 862. The second-order valence-corrected chi connectivity index (χ2v) is 5.20. The van der Waals surface area contributed by atoms with Crippen molar-refractivity contribution < 1.29 is 14.5 Å². The third kappa shape index (κ3) is 4.45. The highest BCUT2D eigenvalue weighted by atomic mass is 16.6. The van der Waals surface area contributed by atoms with E-state index in [0.717, 1.165) is 0 Å². The second-order valence-electron chi connectivity index (χ2n) is 5.20. The highest BCUT2D eigenvalue weighted by Gasteiger charge is 2.19. The fourth-order valence-electron chi connectivity index (χ4n) is 2.28. The molecule has 26 heavy (non-hydrogen) atoms. The maximum Gasteiger partial charge on any atom is 0.305 e. The molecule has 0 radical (unpaired) electrons. The molecule has 0 unspecified atom stereocenters. The predicted molar refractivity (Wildman–Crippen MR) is 95.1 cm³/mol. The van der Waals surface area contributed by atoms with Crippen LogP contribution in [0.2, 0.25) is 0 Å². The van der Waals surface area contributed by atoms with E-state index in [-0.39, 0.29) is 23.8 Å². The SMILES string of the molecule is CCN(CC(=O)Nc1cccc(OC)c1)c1ccc([N+](=O)[O-])c(C#N)n1. The van der Waals surface area contributed by atoms with E-state index in [0.29, 0.717) is 23.8 Å². The minimum absolute atomic E-state index is 0.0244. The van der Waals surface area contributed by atoms with Crippen molar-refractivity contribution in [1.29, 1.82) is 5.26 Å². The van der Waals surface area contributed by atoms with E-state index in [1.165, 1.54) is 19.2 Å². The number of hydrogen-bond donors (Lipinski definition) is 1. The Morgan fingerprint density at radius 3 is 2.81 bits per heavy atom. The largest absolute Gasteiger partial charge is 0.497 e. The highest BCUT2D eigenvalue weighted by Crippen LogP contribution is 2.21. The van der Waals surface area contributed by atoms with Crippen LogP contribution in [-0.4, -0.2) is 36.0 Å². The van der Waals surface area contributed by atoms with Crippen molar-refractivity contribution in [2.45, 2.75) is 6.92 Å². The van der Waals surface area contributed by atoms with Gasteiger partial charge in [0.15, 0.2) is 0 Å². The lowest BCUT2D eigenvalue weighted by Gasteiger charge is -2.21. The first-order valence-electron chi connectivity index (χ1n) is 7.72. The van der Waals surface area contributed by atoms with E-state index in [4.69, 9.17) is 10.00 Å². The molecule has 1 aromatic carbocycles. The zero-order chi connectivity index (χ0) is 19.1. The predicted octanol–water partition coefficient (Wildman–Crippen LogP) is 2.34. The van der Waals surface area contributed by atoms with Crippen LogP contribution in [0.4, 0.5) is 17.2 Å². The number of nitro groups is 1. The van der Waals surface area contributed by atoms with Crippen LogP contribution in [0.15, 0.2) is 36.4 Å². The first kappa shape index (κ1) is 18.7. The lowest BCUT2D eigenvalue weighted by molar-refractivity contribution is -0.385. The van der Waals surface area contributed by atoms with Crippen LogP contribution >= 0.6 is 0 Å². The number of nitrogens with one attached hydrogen (secondary N) is 1. The van der Waals surface area contributed by atoms with E-state index in [1.54, 1.807) is 35.2 Å².